The number of piperazine rings is 1. The first-order chi connectivity index (χ1) is 22.6. The summed E-state index contributed by atoms with van der Waals surface area (Å²) in [6, 6.07) is 14.7. The van der Waals surface area contributed by atoms with Gasteiger partial charge in [-0.05, 0) is 83.5 Å². The quantitative estimate of drug-likeness (QED) is 0.307. The van der Waals surface area contributed by atoms with Gasteiger partial charge in [0.15, 0.2) is 0 Å². The lowest BCUT2D eigenvalue weighted by Crippen LogP contribution is -2.56. The summed E-state index contributed by atoms with van der Waals surface area (Å²) in [5.41, 5.74) is 2.59. The molecule has 0 aliphatic carbocycles. The van der Waals surface area contributed by atoms with E-state index in [0.29, 0.717) is 38.8 Å². The minimum Gasteiger partial charge on any atom is -0.461 e. The second-order valence-electron chi connectivity index (χ2n) is 14.4. The smallest absolute Gasteiger partial charge is 0.410 e. The van der Waals surface area contributed by atoms with Gasteiger partial charge in [-0.15, -0.1) is 0 Å². The topological polar surface area (TPSA) is 98.1 Å². The lowest BCUT2D eigenvalue weighted by Gasteiger charge is -2.42. The van der Waals surface area contributed by atoms with Crippen molar-refractivity contribution in [3.8, 4) is 12.1 Å². The molecule has 1 atom stereocenters. The Balaban J connectivity index is 1.21. The van der Waals surface area contributed by atoms with Crippen molar-refractivity contribution in [1.82, 2.24) is 19.8 Å². The molecule has 2 aromatic carbocycles. The maximum Gasteiger partial charge on any atom is 0.410 e. The average molecular weight is 658 g/mol. The summed E-state index contributed by atoms with van der Waals surface area (Å²) in [5, 5.41) is 12.6. The lowest BCUT2D eigenvalue weighted by molar-refractivity contribution is 0.0144. The van der Waals surface area contributed by atoms with Gasteiger partial charge < -0.3 is 24.2 Å². The third-order valence-electron chi connectivity index (χ3n) is 10.2. The van der Waals surface area contributed by atoms with Gasteiger partial charge in [-0.2, -0.15) is 15.2 Å². The minimum absolute atomic E-state index is 0.0715. The molecule has 3 saturated heterocycles. The molecule has 10 nitrogen and oxygen atoms in total. The molecule has 4 aliphatic heterocycles. The van der Waals surface area contributed by atoms with Crippen LogP contribution in [0.4, 0.5) is 16.3 Å². The lowest BCUT2D eigenvalue weighted by atomic mass is 9.95. The van der Waals surface area contributed by atoms with Crippen LogP contribution in [-0.4, -0.2) is 88.9 Å². The molecule has 7 rings (SSSR count). The van der Waals surface area contributed by atoms with Gasteiger partial charge in [0.05, 0.1) is 41.3 Å². The standard InChI is InChI=1S/C36H44ClN7O3/c1-35(2,3)47-34(45)44-21-20-42(22-26(44)12-16-38)32-27-13-19-41(30-11-5-9-25-8-4-10-28(37)31(25)30)23-29(27)39-33(40-32)46-24-36-14-6-17-43(36)18-7-15-36/h4-5,8-11,26H,6-7,12-15,17-24H2,1-3H3/t26-/m0/s1. The van der Waals surface area contributed by atoms with E-state index in [1.54, 1.807) is 4.90 Å². The van der Waals surface area contributed by atoms with Crippen LogP contribution >= 0.6 is 11.6 Å². The highest BCUT2D eigenvalue weighted by Crippen LogP contribution is 2.40. The number of carbonyl (C=O) groups is 1. The highest BCUT2D eigenvalue weighted by atomic mass is 35.5. The van der Waals surface area contributed by atoms with Crippen LogP contribution in [0.5, 0.6) is 6.01 Å². The Hall–Kier alpha value is -3.81. The molecule has 0 N–H and O–H groups in total. The summed E-state index contributed by atoms with van der Waals surface area (Å²) in [4.78, 5) is 32.1. The largest absolute Gasteiger partial charge is 0.461 e. The first-order valence-corrected chi connectivity index (χ1v) is 17.3. The van der Waals surface area contributed by atoms with Crippen LogP contribution in [-0.2, 0) is 17.7 Å². The Morgan fingerprint density at radius 3 is 2.55 bits per heavy atom. The van der Waals surface area contributed by atoms with E-state index < -0.39 is 5.60 Å². The number of rotatable bonds is 6. The van der Waals surface area contributed by atoms with Gasteiger partial charge in [-0.3, -0.25) is 4.90 Å². The van der Waals surface area contributed by atoms with Crippen molar-refractivity contribution in [1.29, 1.82) is 5.26 Å². The first-order valence-electron chi connectivity index (χ1n) is 17.0. The molecule has 3 aromatic rings. The number of hydrogen-bond acceptors (Lipinski definition) is 9. The van der Waals surface area contributed by atoms with Crippen molar-refractivity contribution >= 4 is 40.0 Å². The van der Waals surface area contributed by atoms with Crippen molar-refractivity contribution in [3.63, 3.8) is 0 Å². The molecule has 3 fully saturated rings. The van der Waals surface area contributed by atoms with Crippen molar-refractivity contribution < 1.29 is 14.3 Å². The summed E-state index contributed by atoms with van der Waals surface area (Å²) in [6.07, 6.45) is 5.26. The normalized spacial score (nSPS) is 21.0. The summed E-state index contributed by atoms with van der Waals surface area (Å²) < 4.78 is 12.3. The molecule has 0 bridgehead atoms. The Labute approximate surface area is 282 Å². The molecule has 0 unspecified atom stereocenters. The van der Waals surface area contributed by atoms with Crippen LogP contribution in [0.3, 0.4) is 0 Å². The van der Waals surface area contributed by atoms with Gasteiger partial charge in [-0.25, -0.2) is 4.79 Å². The van der Waals surface area contributed by atoms with Crippen molar-refractivity contribution in [2.75, 3.05) is 55.7 Å². The number of ether oxygens (including phenoxy) is 2. The average Bonchev–Trinajstić information content (AvgIpc) is 3.63. The molecule has 1 amide bonds. The Bertz CT molecular complexity index is 1690. The fraction of sp³-hybridized carbons (Fsp3) is 0.556. The molecule has 5 heterocycles. The number of anilines is 2. The van der Waals surface area contributed by atoms with Crippen LogP contribution in [0.1, 0.15) is 64.1 Å². The zero-order valence-corrected chi connectivity index (χ0v) is 28.4. The molecule has 11 heteroatoms. The molecule has 1 aromatic heterocycles. The summed E-state index contributed by atoms with van der Waals surface area (Å²) in [6.45, 7) is 11.3. The Morgan fingerprint density at radius 1 is 1.04 bits per heavy atom. The van der Waals surface area contributed by atoms with Gasteiger partial charge in [0.2, 0.25) is 0 Å². The number of halogens is 1. The highest BCUT2D eigenvalue weighted by molar-refractivity contribution is 6.36. The van der Waals surface area contributed by atoms with Crippen LogP contribution in [0, 0.1) is 11.3 Å². The summed E-state index contributed by atoms with van der Waals surface area (Å²) in [5.74, 6) is 0.847. The molecule has 0 saturated carbocycles. The number of nitrogens with zero attached hydrogens (tertiary/aromatic N) is 7. The van der Waals surface area contributed by atoms with Gasteiger partial charge in [-0.1, -0.05) is 35.9 Å². The van der Waals surface area contributed by atoms with Crippen molar-refractivity contribution in [2.45, 2.75) is 83.0 Å². The number of hydrogen-bond donors (Lipinski definition) is 0. The predicted octanol–water partition coefficient (Wildman–Crippen LogP) is 6.19. The third-order valence-corrected chi connectivity index (χ3v) is 10.5. The number of nitriles is 1. The van der Waals surface area contributed by atoms with Gasteiger partial charge in [0, 0.05) is 42.8 Å². The number of amides is 1. The van der Waals surface area contributed by atoms with E-state index in [1.165, 1.54) is 12.8 Å². The second-order valence-corrected chi connectivity index (χ2v) is 14.8. The zero-order chi connectivity index (χ0) is 32.8. The van der Waals surface area contributed by atoms with Crippen LogP contribution < -0.4 is 14.5 Å². The maximum atomic E-state index is 13.1. The number of fused-ring (bicyclic) bond motifs is 3. The minimum atomic E-state index is -0.614. The molecule has 0 spiro atoms. The zero-order valence-electron chi connectivity index (χ0n) is 27.7. The second kappa shape index (κ2) is 12.7. The van der Waals surface area contributed by atoms with Crippen LogP contribution in [0.15, 0.2) is 36.4 Å². The van der Waals surface area contributed by atoms with Gasteiger partial charge in [0.25, 0.3) is 0 Å². The van der Waals surface area contributed by atoms with Gasteiger partial charge in [0.1, 0.15) is 18.0 Å². The molecule has 4 aliphatic rings. The van der Waals surface area contributed by atoms with Crippen molar-refractivity contribution in [2.24, 2.45) is 0 Å². The highest BCUT2D eigenvalue weighted by Gasteiger charge is 2.45. The predicted molar refractivity (Wildman–Crippen MR) is 183 cm³/mol. The number of aromatic nitrogens is 2. The first kappa shape index (κ1) is 31.8. The van der Waals surface area contributed by atoms with Crippen LogP contribution in [0.25, 0.3) is 10.8 Å². The molecule has 0 radical (unpaired) electrons. The summed E-state index contributed by atoms with van der Waals surface area (Å²) >= 11 is 6.75. The monoisotopic (exact) mass is 657 g/mol. The van der Waals surface area contributed by atoms with E-state index in [0.717, 1.165) is 77.5 Å². The van der Waals surface area contributed by atoms with E-state index in [4.69, 9.17) is 31.0 Å². The van der Waals surface area contributed by atoms with E-state index in [2.05, 4.69) is 45.0 Å². The molecule has 47 heavy (non-hydrogen) atoms. The molecule has 248 valence electrons. The summed E-state index contributed by atoms with van der Waals surface area (Å²) in [7, 11) is 0. The van der Waals surface area contributed by atoms with Crippen LogP contribution in [0.2, 0.25) is 5.02 Å². The molecular weight excluding hydrogens is 614 g/mol. The van der Waals surface area contributed by atoms with E-state index in [9.17, 15) is 10.1 Å². The Morgan fingerprint density at radius 2 is 1.81 bits per heavy atom. The number of benzene rings is 2. The fourth-order valence-corrected chi connectivity index (χ4v) is 8.29. The Kier molecular flexibility index (Phi) is 8.56. The molecular formula is C36H44ClN7O3. The van der Waals surface area contributed by atoms with E-state index in [1.807, 2.05) is 32.9 Å². The van der Waals surface area contributed by atoms with E-state index in [-0.39, 0.29) is 24.1 Å². The van der Waals surface area contributed by atoms with Crippen molar-refractivity contribution in [3.05, 3.63) is 52.7 Å². The number of carbonyl (C=O) groups excluding carboxylic acids is 1. The maximum absolute atomic E-state index is 13.1. The SMILES string of the molecule is CC(C)(C)OC(=O)N1CCN(c2nc(OCC34CCCN3CCC4)nc3c2CCN(c2cccc4cccc(Cl)c24)C3)C[C@@H]1CC#N. The van der Waals surface area contributed by atoms with E-state index >= 15 is 0 Å². The third kappa shape index (κ3) is 6.28. The fourth-order valence-electron chi connectivity index (χ4n) is 8.01. The van der Waals surface area contributed by atoms with Gasteiger partial charge >= 0.3 is 12.1 Å².